The van der Waals surface area contributed by atoms with Crippen molar-refractivity contribution in [3.05, 3.63) is 46.3 Å². The normalized spacial score (nSPS) is 10.1. The largest absolute Gasteiger partial charge is 0.461 e. The first kappa shape index (κ1) is 17.9. The minimum Gasteiger partial charge on any atom is -0.461 e. The van der Waals surface area contributed by atoms with E-state index in [9.17, 15) is 19.7 Å². The van der Waals surface area contributed by atoms with Crippen LogP contribution in [-0.4, -0.2) is 34.9 Å². The second-order valence-corrected chi connectivity index (χ2v) is 4.76. The zero-order chi connectivity index (χ0) is 18.2. The zero-order valence-electron chi connectivity index (χ0n) is 13.4. The predicted octanol–water partition coefficient (Wildman–Crippen LogP) is 2.20. The van der Waals surface area contributed by atoms with Crippen LogP contribution in [-0.2, 0) is 9.53 Å². The molecule has 0 saturated carbocycles. The van der Waals surface area contributed by atoms with Crippen LogP contribution in [0.2, 0.25) is 0 Å². The van der Waals surface area contributed by atoms with Gasteiger partial charge < -0.3 is 14.5 Å². The molecule has 25 heavy (non-hydrogen) atoms. The third kappa shape index (κ3) is 5.03. The average molecular weight is 348 g/mol. The fourth-order valence-electron chi connectivity index (χ4n) is 1.90. The van der Waals surface area contributed by atoms with Crippen LogP contribution in [0.5, 0.6) is 0 Å². The van der Waals surface area contributed by atoms with Gasteiger partial charge in [0.05, 0.1) is 11.5 Å². The van der Waals surface area contributed by atoms with Gasteiger partial charge in [0, 0.05) is 19.0 Å². The van der Waals surface area contributed by atoms with Gasteiger partial charge in [-0.3, -0.25) is 20.2 Å². The van der Waals surface area contributed by atoms with E-state index in [0.717, 1.165) is 6.26 Å². The summed E-state index contributed by atoms with van der Waals surface area (Å²) in [6, 6.07) is 6.00. The van der Waals surface area contributed by atoms with Crippen molar-refractivity contribution in [3.8, 4) is 0 Å². The quantitative estimate of drug-likeness (QED) is 0.421. The Bertz CT molecular complexity index is 773. The molecule has 0 radical (unpaired) electrons. The van der Waals surface area contributed by atoms with Crippen molar-refractivity contribution in [2.45, 2.75) is 13.3 Å². The third-order valence-corrected chi connectivity index (χ3v) is 3.00. The summed E-state index contributed by atoms with van der Waals surface area (Å²) < 4.78 is 9.72. The Balaban J connectivity index is 1.84. The lowest BCUT2D eigenvalue weighted by Crippen LogP contribution is -2.17. The molecule has 1 aromatic carbocycles. The number of oxazole rings is 1. The molecule has 1 heterocycles. The van der Waals surface area contributed by atoms with Crippen molar-refractivity contribution in [2.24, 2.45) is 0 Å². The molecule has 1 aromatic heterocycles. The van der Waals surface area contributed by atoms with Crippen molar-refractivity contribution < 1.29 is 23.7 Å². The van der Waals surface area contributed by atoms with E-state index < -0.39 is 16.8 Å². The molecule has 2 rings (SSSR count). The number of ether oxygens (including phenoxy) is 1. The second-order valence-electron chi connectivity index (χ2n) is 4.76. The van der Waals surface area contributed by atoms with Gasteiger partial charge in [-0.1, -0.05) is 12.1 Å². The Morgan fingerprint density at radius 2 is 2.12 bits per heavy atom. The monoisotopic (exact) mass is 348 g/mol. The van der Waals surface area contributed by atoms with Crippen LogP contribution in [0.4, 0.5) is 17.4 Å². The fraction of sp³-hybridized carbons (Fsp3) is 0.267. The molecular weight excluding hydrogens is 332 g/mol. The van der Waals surface area contributed by atoms with E-state index in [4.69, 9.17) is 9.15 Å². The molecule has 132 valence electrons. The second kappa shape index (κ2) is 8.43. The van der Waals surface area contributed by atoms with E-state index in [1.807, 2.05) is 0 Å². The van der Waals surface area contributed by atoms with Gasteiger partial charge in [0.2, 0.25) is 5.91 Å². The van der Waals surface area contributed by atoms with Gasteiger partial charge in [-0.2, -0.15) is 4.98 Å². The lowest BCUT2D eigenvalue weighted by atomic mass is 10.2. The van der Waals surface area contributed by atoms with Crippen LogP contribution in [0.1, 0.15) is 23.8 Å². The lowest BCUT2D eigenvalue weighted by molar-refractivity contribution is -0.384. The summed E-state index contributed by atoms with van der Waals surface area (Å²) in [6.45, 7) is 2.03. The Morgan fingerprint density at radius 3 is 2.84 bits per heavy atom. The van der Waals surface area contributed by atoms with E-state index in [2.05, 4.69) is 15.6 Å². The summed E-state index contributed by atoms with van der Waals surface area (Å²) in [7, 11) is 0. The van der Waals surface area contributed by atoms with Gasteiger partial charge in [-0.05, 0) is 13.0 Å². The highest BCUT2D eigenvalue weighted by Gasteiger charge is 2.15. The first-order chi connectivity index (χ1) is 12.0. The molecule has 2 aromatic rings. The number of para-hydroxylation sites is 2. The number of hydrogen-bond donors (Lipinski definition) is 2. The number of aromatic nitrogens is 1. The van der Waals surface area contributed by atoms with Crippen molar-refractivity contribution in [1.82, 2.24) is 4.98 Å². The summed E-state index contributed by atoms with van der Waals surface area (Å²) in [5.41, 5.74) is 0.200. The maximum atomic E-state index is 11.8. The summed E-state index contributed by atoms with van der Waals surface area (Å²) in [5.74, 6) is -1.08. The molecule has 0 saturated heterocycles. The van der Waals surface area contributed by atoms with Crippen molar-refractivity contribution >= 4 is 29.3 Å². The number of rotatable bonds is 8. The van der Waals surface area contributed by atoms with Crippen LogP contribution in [0.3, 0.4) is 0 Å². The zero-order valence-corrected chi connectivity index (χ0v) is 13.4. The maximum absolute atomic E-state index is 11.8. The smallest absolute Gasteiger partial charge is 0.360 e. The first-order valence-electron chi connectivity index (χ1n) is 7.41. The lowest BCUT2D eigenvalue weighted by Gasteiger charge is -2.06. The number of hydrogen-bond acceptors (Lipinski definition) is 8. The SMILES string of the molecule is CCOC(=O)c1coc(NC(=O)CCNc2ccccc2[N+](=O)[O-])n1. The van der Waals surface area contributed by atoms with E-state index in [1.54, 1.807) is 25.1 Å². The summed E-state index contributed by atoms with van der Waals surface area (Å²) in [6.07, 6.45) is 1.10. The van der Waals surface area contributed by atoms with Gasteiger partial charge in [0.25, 0.3) is 5.69 Å². The van der Waals surface area contributed by atoms with E-state index in [0.29, 0.717) is 5.69 Å². The van der Waals surface area contributed by atoms with Gasteiger partial charge >= 0.3 is 12.0 Å². The maximum Gasteiger partial charge on any atom is 0.360 e. The van der Waals surface area contributed by atoms with E-state index >= 15 is 0 Å². The highest BCUT2D eigenvalue weighted by Crippen LogP contribution is 2.22. The summed E-state index contributed by atoms with van der Waals surface area (Å²) in [5, 5.41) is 16.1. The number of anilines is 2. The molecule has 0 atom stereocenters. The van der Waals surface area contributed by atoms with Gasteiger partial charge in [0.1, 0.15) is 12.0 Å². The fourth-order valence-corrected chi connectivity index (χ4v) is 1.90. The molecule has 0 fully saturated rings. The molecule has 1 amide bonds. The minimum absolute atomic E-state index is 0.0170. The van der Waals surface area contributed by atoms with Crippen LogP contribution < -0.4 is 10.6 Å². The molecule has 0 bridgehead atoms. The van der Waals surface area contributed by atoms with Crippen molar-refractivity contribution in [1.29, 1.82) is 0 Å². The van der Waals surface area contributed by atoms with E-state index in [1.165, 1.54) is 6.07 Å². The van der Waals surface area contributed by atoms with Crippen LogP contribution in [0.25, 0.3) is 0 Å². The Morgan fingerprint density at radius 1 is 1.36 bits per heavy atom. The number of nitrogens with zero attached hydrogens (tertiary/aromatic N) is 2. The Labute approximate surface area is 142 Å². The molecule has 0 spiro atoms. The highest BCUT2D eigenvalue weighted by atomic mass is 16.6. The number of nitro benzene ring substituents is 1. The van der Waals surface area contributed by atoms with Crippen molar-refractivity contribution in [3.63, 3.8) is 0 Å². The average Bonchev–Trinajstić information content (AvgIpc) is 3.04. The minimum atomic E-state index is -0.648. The molecule has 0 aliphatic carbocycles. The Kier molecular flexibility index (Phi) is 6.04. The van der Waals surface area contributed by atoms with Gasteiger partial charge in [-0.15, -0.1) is 0 Å². The van der Waals surface area contributed by atoms with Crippen molar-refractivity contribution in [2.75, 3.05) is 23.8 Å². The molecule has 0 aliphatic rings. The number of carbonyl (C=O) groups is 2. The molecule has 2 N–H and O–H groups in total. The highest BCUT2D eigenvalue weighted by molar-refractivity contribution is 5.91. The third-order valence-electron chi connectivity index (χ3n) is 3.00. The molecule has 0 unspecified atom stereocenters. The Hall–Kier alpha value is -3.43. The van der Waals surface area contributed by atoms with Crippen LogP contribution in [0.15, 0.2) is 34.9 Å². The number of nitrogens with one attached hydrogen (secondary N) is 2. The van der Waals surface area contributed by atoms with E-state index in [-0.39, 0.29) is 37.0 Å². The van der Waals surface area contributed by atoms with Gasteiger partial charge in [-0.25, -0.2) is 4.79 Å². The van der Waals surface area contributed by atoms with Gasteiger partial charge in [0.15, 0.2) is 5.69 Å². The number of carbonyl (C=O) groups excluding carboxylic acids is 2. The summed E-state index contributed by atoms with van der Waals surface area (Å²) in [4.78, 5) is 37.4. The molecule has 10 heteroatoms. The number of nitro groups is 1. The molecule has 10 nitrogen and oxygen atoms in total. The van der Waals surface area contributed by atoms with Crippen LogP contribution in [0, 0.1) is 10.1 Å². The van der Waals surface area contributed by atoms with Crippen LogP contribution >= 0.6 is 0 Å². The molecule has 0 aliphatic heterocycles. The first-order valence-corrected chi connectivity index (χ1v) is 7.41. The predicted molar refractivity (Wildman–Crippen MR) is 87.3 cm³/mol. The number of amides is 1. The number of esters is 1. The topological polar surface area (TPSA) is 137 Å². The summed E-state index contributed by atoms with van der Waals surface area (Å²) >= 11 is 0. The molecular formula is C15H16N4O6. The number of benzene rings is 1. The standard InChI is InChI=1S/C15H16N4O6/c1-2-24-14(21)11-9-25-15(17-11)18-13(20)7-8-16-10-5-3-4-6-12(10)19(22)23/h3-6,9,16H,2,7-8H2,1H3,(H,17,18,20).